The van der Waals surface area contributed by atoms with E-state index in [1.807, 2.05) is 6.92 Å². The zero-order valence-corrected chi connectivity index (χ0v) is 15.1. The molecule has 0 aromatic heterocycles. The van der Waals surface area contributed by atoms with Crippen molar-refractivity contribution in [3.63, 3.8) is 0 Å². The van der Waals surface area contributed by atoms with Crippen molar-refractivity contribution in [1.29, 1.82) is 0 Å². The minimum absolute atomic E-state index is 0.0167. The minimum Gasteiger partial charge on any atom is -0.493 e. The number of rotatable bonds is 5. The molecule has 0 saturated carbocycles. The number of carbonyl (C=O) groups excluding carboxylic acids is 1. The van der Waals surface area contributed by atoms with Gasteiger partial charge >= 0.3 is 5.97 Å². The van der Waals surface area contributed by atoms with Gasteiger partial charge in [-0.2, -0.15) is 0 Å². The normalized spacial score (nSPS) is 14.9. The van der Waals surface area contributed by atoms with Gasteiger partial charge in [-0.25, -0.2) is 18.6 Å². The Hall–Kier alpha value is -2.93. The van der Waals surface area contributed by atoms with Crippen LogP contribution < -0.4 is 9.47 Å². The van der Waals surface area contributed by atoms with E-state index in [0.29, 0.717) is 23.7 Å². The maximum Gasteiger partial charge on any atom is 0.363 e. The Kier molecular flexibility index (Phi) is 5.41. The zero-order chi connectivity index (χ0) is 19.6. The molecule has 140 valence electrons. The van der Waals surface area contributed by atoms with Crippen molar-refractivity contribution in [3.8, 4) is 11.5 Å². The summed E-state index contributed by atoms with van der Waals surface area (Å²) in [5.41, 5.74) is 0.581. The largest absolute Gasteiger partial charge is 0.493 e. The fourth-order valence-corrected chi connectivity index (χ4v) is 2.65. The molecule has 5 nitrogen and oxygen atoms in total. The number of ether oxygens (including phenoxy) is 3. The number of cyclic esters (lactones) is 1. The summed E-state index contributed by atoms with van der Waals surface area (Å²) < 4.78 is 42.4. The van der Waals surface area contributed by atoms with Crippen LogP contribution in [-0.4, -0.2) is 25.6 Å². The third-order valence-electron chi connectivity index (χ3n) is 3.65. The molecule has 0 unspecified atom stereocenters. The molecule has 8 heteroatoms. The molecule has 0 fully saturated rings. The van der Waals surface area contributed by atoms with Gasteiger partial charge in [0.15, 0.2) is 28.8 Å². The van der Waals surface area contributed by atoms with Gasteiger partial charge in [0, 0.05) is 0 Å². The van der Waals surface area contributed by atoms with Gasteiger partial charge in [0.25, 0.3) is 0 Å². The summed E-state index contributed by atoms with van der Waals surface area (Å²) in [5.74, 6) is -2.11. The number of aliphatic imine (C=N–C) groups is 1. The molecule has 0 amide bonds. The number of hydrogen-bond donors (Lipinski definition) is 0. The van der Waals surface area contributed by atoms with Crippen molar-refractivity contribution < 1.29 is 27.8 Å². The van der Waals surface area contributed by atoms with Crippen LogP contribution in [0.25, 0.3) is 6.08 Å². The van der Waals surface area contributed by atoms with E-state index in [4.69, 9.17) is 25.8 Å². The smallest absolute Gasteiger partial charge is 0.363 e. The average Bonchev–Trinajstić information content (AvgIpc) is 3.00. The molecule has 2 aromatic carbocycles. The fourth-order valence-electron chi connectivity index (χ4n) is 2.42. The predicted molar refractivity (Wildman–Crippen MR) is 96.1 cm³/mol. The van der Waals surface area contributed by atoms with Gasteiger partial charge in [-0.15, -0.1) is 0 Å². The van der Waals surface area contributed by atoms with E-state index in [-0.39, 0.29) is 22.2 Å². The van der Waals surface area contributed by atoms with Gasteiger partial charge in [0.2, 0.25) is 5.90 Å². The first-order chi connectivity index (χ1) is 12.9. The lowest BCUT2D eigenvalue weighted by atomic mass is 10.1. The van der Waals surface area contributed by atoms with Crippen LogP contribution in [0.15, 0.2) is 41.0 Å². The monoisotopic (exact) mass is 393 g/mol. The molecule has 2 aromatic rings. The van der Waals surface area contributed by atoms with Crippen LogP contribution in [0, 0.1) is 11.6 Å². The molecule has 0 aliphatic carbocycles. The van der Waals surface area contributed by atoms with E-state index in [1.165, 1.54) is 13.2 Å². The summed E-state index contributed by atoms with van der Waals surface area (Å²) >= 11 is 5.90. The highest BCUT2D eigenvalue weighted by atomic mass is 35.5. The Balaban J connectivity index is 1.96. The van der Waals surface area contributed by atoms with Crippen LogP contribution in [0.4, 0.5) is 8.78 Å². The van der Waals surface area contributed by atoms with Gasteiger partial charge in [0.1, 0.15) is 0 Å². The van der Waals surface area contributed by atoms with E-state index in [2.05, 4.69) is 4.99 Å². The first-order valence-corrected chi connectivity index (χ1v) is 8.29. The molecule has 0 saturated heterocycles. The standard InChI is InChI=1S/C19H14ClF2NO4/c1-3-26-16-5-4-10(7-17(16)25-2)6-15-19(24)27-18(23-15)11-8-13(21)14(22)9-12(11)20/h4-9H,3H2,1-2H3. The van der Waals surface area contributed by atoms with Crippen LogP contribution in [0.2, 0.25) is 5.02 Å². The second kappa shape index (κ2) is 7.75. The Bertz CT molecular complexity index is 972. The highest BCUT2D eigenvalue weighted by molar-refractivity contribution is 6.34. The van der Waals surface area contributed by atoms with Gasteiger partial charge in [-0.05, 0) is 42.8 Å². The topological polar surface area (TPSA) is 57.1 Å². The maximum atomic E-state index is 13.5. The molecule has 0 bridgehead atoms. The number of hydrogen-bond acceptors (Lipinski definition) is 5. The Morgan fingerprint density at radius 3 is 2.63 bits per heavy atom. The Morgan fingerprint density at radius 1 is 1.19 bits per heavy atom. The minimum atomic E-state index is -1.12. The third-order valence-corrected chi connectivity index (χ3v) is 3.96. The van der Waals surface area contributed by atoms with Crippen LogP contribution in [-0.2, 0) is 9.53 Å². The van der Waals surface area contributed by atoms with Crippen molar-refractivity contribution in [2.75, 3.05) is 13.7 Å². The average molecular weight is 394 g/mol. The number of esters is 1. The summed E-state index contributed by atoms with van der Waals surface area (Å²) in [6.45, 7) is 2.33. The summed E-state index contributed by atoms with van der Waals surface area (Å²) in [5, 5.41) is -0.121. The molecular weight excluding hydrogens is 380 g/mol. The fraction of sp³-hybridized carbons (Fsp3) is 0.158. The molecule has 0 N–H and O–H groups in total. The second-order valence-electron chi connectivity index (χ2n) is 5.43. The molecule has 1 heterocycles. The molecule has 0 radical (unpaired) electrons. The number of carbonyl (C=O) groups is 1. The highest BCUT2D eigenvalue weighted by Crippen LogP contribution is 2.30. The predicted octanol–water partition coefficient (Wildman–Crippen LogP) is 4.37. The van der Waals surface area contributed by atoms with E-state index < -0.39 is 17.6 Å². The SMILES string of the molecule is CCOc1ccc(C=C2N=C(c3cc(F)c(F)cc3Cl)OC2=O)cc1OC. The lowest BCUT2D eigenvalue weighted by molar-refractivity contribution is -0.129. The van der Waals surface area contributed by atoms with Crippen LogP contribution in [0.3, 0.4) is 0 Å². The lowest BCUT2D eigenvalue weighted by Crippen LogP contribution is -2.07. The van der Waals surface area contributed by atoms with Crippen LogP contribution in [0.1, 0.15) is 18.1 Å². The summed E-state index contributed by atoms with van der Waals surface area (Å²) in [6.07, 6.45) is 1.47. The maximum absolute atomic E-state index is 13.5. The Labute approximate surface area is 158 Å². The zero-order valence-electron chi connectivity index (χ0n) is 14.4. The van der Waals surface area contributed by atoms with Gasteiger partial charge in [-0.3, -0.25) is 0 Å². The molecule has 0 atom stereocenters. The van der Waals surface area contributed by atoms with Gasteiger partial charge < -0.3 is 14.2 Å². The summed E-state index contributed by atoms with van der Waals surface area (Å²) in [7, 11) is 1.50. The molecule has 0 spiro atoms. The highest BCUT2D eigenvalue weighted by Gasteiger charge is 2.27. The summed E-state index contributed by atoms with van der Waals surface area (Å²) in [6, 6.07) is 6.70. The molecule has 27 heavy (non-hydrogen) atoms. The summed E-state index contributed by atoms with van der Waals surface area (Å²) in [4.78, 5) is 16.1. The van der Waals surface area contributed by atoms with E-state index in [1.54, 1.807) is 18.2 Å². The van der Waals surface area contributed by atoms with Crippen molar-refractivity contribution in [1.82, 2.24) is 0 Å². The van der Waals surface area contributed by atoms with Gasteiger partial charge in [0.05, 0.1) is 24.3 Å². The number of benzene rings is 2. The van der Waals surface area contributed by atoms with E-state index in [9.17, 15) is 13.6 Å². The number of methoxy groups -OCH3 is 1. The number of nitrogens with zero attached hydrogens (tertiary/aromatic N) is 1. The molecule has 3 rings (SSSR count). The lowest BCUT2D eigenvalue weighted by Gasteiger charge is -2.09. The molecule has 1 aliphatic heterocycles. The van der Waals surface area contributed by atoms with Crippen LogP contribution in [0.5, 0.6) is 11.5 Å². The Morgan fingerprint density at radius 2 is 1.93 bits per heavy atom. The first-order valence-electron chi connectivity index (χ1n) is 7.91. The van der Waals surface area contributed by atoms with Crippen molar-refractivity contribution in [3.05, 3.63) is 63.8 Å². The van der Waals surface area contributed by atoms with E-state index >= 15 is 0 Å². The molecule has 1 aliphatic rings. The number of halogens is 3. The third kappa shape index (κ3) is 3.93. The van der Waals surface area contributed by atoms with E-state index in [0.717, 1.165) is 12.1 Å². The van der Waals surface area contributed by atoms with Crippen LogP contribution >= 0.6 is 11.6 Å². The van der Waals surface area contributed by atoms with Crippen molar-refractivity contribution in [2.45, 2.75) is 6.92 Å². The van der Waals surface area contributed by atoms with Gasteiger partial charge in [-0.1, -0.05) is 17.7 Å². The van der Waals surface area contributed by atoms with Crippen molar-refractivity contribution >= 4 is 29.5 Å². The quantitative estimate of drug-likeness (QED) is 0.430. The first kappa shape index (κ1) is 18.8. The molecular formula is C19H14ClF2NO4. The van der Waals surface area contributed by atoms with Crippen molar-refractivity contribution in [2.24, 2.45) is 4.99 Å². The second-order valence-corrected chi connectivity index (χ2v) is 5.83.